The Morgan fingerprint density at radius 3 is 2.68 bits per heavy atom. The van der Waals surface area contributed by atoms with Crippen molar-refractivity contribution >= 4 is 28.5 Å². The van der Waals surface area contributed by atoms with E-state index in [2.05, 4.69) is 15.2 Å². The van der Waals surface area contributed by atoms with Gasteiger partial charge in [0.25, 0.3) is 0 Å². The molecule has 0 spiro atoms. The van der Waals surface area contributed by atoms with E-state index < -0.39 is 11.5 Å². The number of aromatic nitrogens is 1. The molecule has 3 aromatic rings. The number of ether oxygens (including phenoxy) is 3. The van der Waals surface area contributed by atoms with Crippen LogP contribution in [0.25, 0.3) is 10.9 Å². The fraction of sp³-hybridized carbons (Fsp3) is 0.360. The van der Waals surface area contributed by atoms with Crippen molar-refractivity contribution in [3.63, 3.8) is 0 Å². The lowest BCUT2D eigenvalue weighted by molar-refractivity contribution is -0.124. The van der Waals surface area contributed by atoms with Crippen LogP contribution in [0, 0.1) is 0 Å². The first-order valence-corrected chi connectivity index (χ1v) is 11.4. The summed E-state index contributed by atoms with van der Waals surface area (Å²) in [7, 11) is 1.35. The Hall–Kier alpha value is -3.72. The van der Waals surface area contributed by atoms with Gasteiger partial charge in [0.15, 0.2) is 11.5 Å². The van der Waals surface area contributed by atoms with Crippen molar-refractivity contribution in [2.24, 2.45) is 5.73 Å². The van der Waals surface area contributed by atoms with Crippen LogP contribution in [-0.4, -0.2) is 66.8 Å². The van der Waals surface area contributed by atoms with Gasteiger partial charge in [-0.2, -0.15) is 0 Å². The van der Waals surface area contributed by atoms with Gasteiger partial charge in [-0.05, 0) is 43.2 Å². The van der Waals surface area contributed by atoms with E-state index in [0.29, 0.717) is 56.3 Å². The smallest absolute Gasteiger partial charge is 0.354 e. The van der Waals surface area contributed by atoms with Crippen LogP contribution in [0.2, 0.25) is 0 Å². The summed E-state index contributed by atoms with van der Waals surface area (Å²) in [5, 5.41) is 4.15. The first-order chi connectivity index (χ1) is 16.5. The van der Waals surface area contributed by atoms with Gasteiger partial charge in [0, 0.05) is 30.7 Å². The van der Waals surface area contributed by atoms with Crippen molar-refractivity contribution in [1.82, 2.24) is 9.88 Å². The van der Waals surface area contributed by atoms with Crippen molar-refractivity contribution in [3.05, 3.63) is 54.2 Å². The minimum atomic E-state index is -0.768. The number of piperidine rings is 1. The zero-order valence-corrected chi connectivity index (χ0v) is 19.0. The minimum Gasteiger partial charge on any atom is -0.486 e. The molecule has 1 atom stereocenters. The predicted molar refractivity (Wildman–Crippen MR) is 127 cm³/mol. The van der Waals surface area contributed by atoms with E-state index in [1.165, 1.54) is 7.11 Å². The van der Waals surface area contributed by atoms with Gasteiger partial charge in [0.2, 0.25) is 5.91 Å². The van der Waals surface area contributed by atoms with Crippen LogP contribution in [0.5, 0.6) is 11.5 Å². The van der Waals surface area contributed by atoms with Gasteiger partial charge >= 0.3 is 5.97 Å². The number of amides is 1. The fourth-order valence-electron chi connectivity index (χ4n) is 4.72. The second-order valence-electron chi connectivity index (χ2n) is 8.82. The number of esters is 1. The standard InChI is InChI=1S/C25H28N4O5/c1-32-23(30)20-13-18-19(27-20)7-8-21-22(18)34-17(15-33-21)14-29-11-9-25(10-12-29,24(26)31)28-16-5-3-2-4-6-16/h2-8,13,17,27-28H,9-12,14-15H2,1H3,(H2,26,31). The molecule has 1 unspecified atom stereocenters. The molecule has 0 radical (unpaired) electrons. The Morgan fingerprint density at radius 2 is 1.97 bits per heavy atom. The highest BCUT2D eigenvalue weighted by atomic mass is 16.6. The Kier molecular flexibility index (Phi) is 5.79. The van der Waals surface area contributed by atoms with Crippen LogP contribution >= 0.6 is 0 Å². The molecule has 2 aliphatic heterocycles. The van der Waals surface area contributed by atoms with Crippen LogP contribution in [0.3, 0.4) is 0 Å². The van der Waals surface area contributed by atoms with Crippen LogP contribution < -0.4 is 20.5 Å². The summed E-state index contributed by atoms with van der Waals surface area (Å²) in [4.78, 5) is 29.6. The molecule has 2 aliphatic rings. The van der Waals surface area contributed by atoms with E-state index in [-0.39, 0.29) is 12.0 Å². The highest BCUT2D eigenvalue weighted by Crippen LogP contribution is 2.39. The molecule has 178 valence electrons. The largest absolute Gasteiger partial charge is 0.486 e. The van der Waals surface area contributed by atoms with E-state index in [9.17, 15) is 9.59 Å². The summed E-state index contributed by atoms with van der Waals surface area (Å²) in [6.07, 6.45) is 1.02. The topological polar surface area (TPSA) is 119 Å². The van der Waals surface area contributed by atoms with Crippen molar-refractivity contribution in [1.29, 1.82) is 0 Å². The zero-order chi connectivity index (χ0) is 23.7. The van der Waals surface area contributed by atoms with Crippen LogP contribution in [-0.2, 0) is 9.53 Å². The highest BCUT2D eigenvalue weighted by molar-refractivity contribution is 5.98. The van der Waals surface area contributed by atoms with Crippen molar-refractivity contribution in [2.45, 2.75) is 24.5 Å². The van der Waals surface area contributed by atoms with Crippen LogP contribution in [0.4, 0.5) is 5.69 Å². The average Bonchev–Trinajstić information content (AvgIpc) is 3.30. The van der Waals surface area contributed by atoms with E-state index in [0.717, 1.165) is 16.6 Å². The molecule has 0 bridgehead atoms. The predicted octanol–water partition coefficient (Wildman–Crippen LogP) is 2.53. The van der Waals surface area contributed by atoms with Gasteiger partial charge in [-0.1, -0.05) is 18.2 Å². The number of rotatable bonds is 6. The summed E-state index contributed by atoms with van der Waals surface area (Å²) < 4.78 is 17.1. The number of H-pyrrole nitrogens is 1. The molecular weight excluding hydrogens is 436 g/mol. The number of primary amides is 1. The molecule has 1 aromatic heterocycles. The Labute approximate surface area is 197 Å². The van der Waals surface area contributed by atoms with Crippen LogP contribution in [0.15, 0.2) is 48.5 Å². The number of methoxy groups -OCH3 is 1. The normalized spacial score (nSPS) is 19.5. The number of benzene rings is 2. The molecule has 1 fully saturated rings. The number of nitrogens with two attached hydrogens (primary N) is 1. The molecular formula is C25H28N4O5. The number of nitrogens with one attached hydrogen (secondary N) is 2. The van der Waals surface area contributed by atoms with E-state index >= 15 is 0 Å². The van der Waals surface area contributed by atoms with E-state index in [1.54, 1.807) is 6.07 Å². The highest BCUT2D eigenvalue weighted by Gasteiger charge is 2.40. The van der Waals surface area contributed by atoms with E-state index in [4.69, 9.17) is 19.9 Å². The third kappa shape index (κ3) is 4.14. The van der Waals surface area contributed by atoms with E-state index in [1.807, 2.05) is 42.5 Å². The molecule has 1 amide bonds. The molecule has 0 saturated carbocycles. The Bertz CT molecular complexity index is 1200. The van der Waals surface area contributed by atoms with Gasteiger partial charge in [-0.3, -0.25) is 9.69 Å². The molecule has 34 heavy (non-hydrogen) atoms. The fourth-order valence-corrected chi connectivity index (χ4v) is 4.72. The summed E-state index contributed by atoms with van der Waals surface area (Å²) in [6, 6.07) is 15.1. The third-order valence-electron chi connectivity index (χ3n) is 6.63. The molecule has 9 nitrogen and oxygen atoms in total. The van der Waals surface area contributed by atoms with Gasteiger partial charge in [0.05, 0.1) is 12.6 Å². The lowest BCUT2D eigenvalue weighted by Gasteiger charge is -2.42. The molecule has 4 N–H and O–H groups in total. The molecule has 2 aromatic carbocycles. The molecule has 5 rings (SSSR count). The summed E-state index contributed by atoms with van der Waals surface area (Å²) >= 11 is 0. The molecule has 0 aliphatic carbocycles. The first-order valence-electron chi connectivity index (χ1n) is 11.4. The lowest BCUT2D eigenvalue weighted by atomic mass is 9.86. The van der Waals surface area contributed by atoms with Crippen molar-refractivity contribution in [2.75, 3.05) is 38.7 Å². The van der Waals surface area contributed by atoms with Crippen LogP contribution in [0.1, 0.15) is 23.3 Å². The second kappa shape index (κ2) is 8.90. The second-order valence-corrected chi connectivity index (χ2v) is 8.82. The molecule has 3 heterocycles. The number of anilines is 1. The number of hydrogen-bond donors (Lipinski definition) is 3. The number of nitrogens with zero attached hydrogens (tertiary/aromatic N) is 1. The lowest BCUT2D eigenvalue weighted by Crippen LogP contribution is -2.58. The monoisotopic (exact) mass is 464 g/mol. The number of fused-ring (bicyclic) bond motifs is 3. The summed E-state index contributed by atoms with van der Waals surface area (Å²) in [5.41, 5.74) is 7.08. The number of aromatic amines is 1. The summed E-state index contributed by atoms with van der Waals surface area (Å²) in [6.45, 7) is 2.49. The number of para-hydroxylation sites is 1. The Balaban J connectivity index is 1.26. The number of carbonyl (C=O) groups is 2. The van der Waals surface area contributed by atoms with Gasteiger partial charge < -0.3 is 30.2 Å². The maximum absolute atomic E-state index is 12.4. The van der Waals surface area contributed by atoms with Gasteiger partial charge in [0.1, 0.15) is 23.9 Å². The Morgan fingerprint density at radius 1 is 1.21 bits per heavy atom. The van der Waals surface area contributed by atoms with Crippen molar-refractivity contribution < 1.29 is 23.8 Å². The first kappa shape index (κ1) is 22.1. The van der Waals surface area contributed by atoms with Gasteiger partial charge in [-0.25, -0.2) is 4.79 Å². The number of likely N-dealkylation sites (tertiary alicyclic amines) is 1. The number of hydrogen-bond acceptors (Lipinski definition) is 7. The van der Waals surface area contributed by atoms with Gasteiger partial charge in [-0.15, -0.1) is 0 Å². The summed E-state index contributed by atoms with van der Waals surface area (Å²) in [5.74, 6) is 0.499. The quantitative estimate of drug-likeness (QED) is 0.480. The van der Waals surface area contributed by atoms with Crippen molar-refractivity contribution in [3.8, 4) is 11.5 Å². The average molecular weight is 465 g/mol. The zero-order valence-electron chi connectivity index (χ0n) is 19.0. The SMILES string of the molecule is COC(=O)c1cc2c3c(ccc2[nH]1)OCC(CN1CCC(Nc2ccccc2)(C(N)=O)CC1)O3. The number of carbonyl (C=O) groups excluding carboxylic acids is 2. The molecule has 1 saturated heterocycles. The molecule has 9 heteroatoms. The minimum absolute atomic E-state index is 0.183. The maximum atomic E-state index is 12.4. The third-order valence-corrected chi connectivity index (χ3v) is 6.63. The maximum Gasteiger partial charge on any atom is 0.354 e.